The van der Waals surface area contributed by atoms with Gasteiger partial charge in [-0.25, -0.2) is 0 Å². The van der Waals surface area contributed by atoms with Crippen molar-refractivity contribution < 1.29 is 9.90 Å². The van der Waals surface area contributed by atoms with Crippen LogP contribution in [0.3, 0.4) is 0 Å². The molecule has 2 rings (SSSR count). The van der Waals surface area contributed by atoms with Crippen molar-refractivity contribution in [2.45, 2.75) is 18.9 Å². The van der Waals surface area contributed by atoms with Crippen LogP contribution in [-0.4, -0.2) is 28.2 Å². The Morgan fingerprint density at radius 1 is 1.69 bits per heavy atom. The number of hydrogen-bond acceptors (Lipinski definition) is 3. The number of nitrogen functional groups attached to an aromatic ring is 1. The van der Waals surface area contributed by atoms with Gasteiger partial charge in [-0.1, -0.05) is 0 Å². The van der Waals surface area contributed by atoms with Gasteiger partial charge in [-0.05, 0) is 24.8 Å². The van der Waals surface area contributed by atoms with Crippen LogP contribution in [-0.2, 0) is 7.05 Å². The van der Waals surface area contributed by atoms with Gasteiger partial charge in [-0.15, -0.1) is 0 Å². The zero-order chi connectivity index (χ0) is 11.7. The Balaban J connectivity index is 1.86. The van der Waals surface area contributed by atoms with Crippen LogP contribution in [0.5, 0.6) is 0 Å². The third-order valence-corrected chi connectivity index (χ3v) is 3.02. The SMILES string of the molecule is Cn1cc(N)cc1C(=O)NCC1CC(O)C1. The van der Waals surface area contributed by atoms with Crippen LogP contribution in [0.4, 0.5) is 5.69 Å². The van der Waals surface area contributed by atoms with Gasteiger partial charge in [0.15, 0.2) is 0 Å². The van der Waals surface area contributed by atoms with Crippen LogP contribution in [0.1, 0.15) is 23.3 Å². The summed E-state index contributed by atoms with van der Waals surface area (Å²) in [6.45, 7) is 0.626. The molecule has 1 aliphatic carbocycles. The van der Waals surface area contributed by atoms with Crippen LogP contribution in [0.25, 0.3) is 0 Å². The van der Waals surface area contributed by atoms with Gasteiger partial charge in [0, 0.05) is 19.8 Å². The van der Waals surface area contributed by atoms with Gasteiger partial charge in [-0.3, -0.25) is 4.79 Å². The predicted octanol–water partition coefficient (Wildman–Crippen LogP) is 0.108. The first kappa shape index (κ1) is 11.0. The summed E-state index contributed by atoms with van der Waals surface area (Å²) < 4.78 is 1.71. The summed E-state index contributed by atoms with van der Waals surface area (Å²) in [5.41, 5.74) is 6.75. The van der Waals surface area contributed by atoms with Crippen LogP contribution >= 0.6 is 0 Å². The first-order valence-electron chi connectivity index (χ1n) is 5.44. The van der Waals surface area contributed by atoms with Gasteiger partial charge in [0.2, 0.25) is 0 Å². The molecular weight excluding hydrogens is 206 g/mol. The van der Waals surface area contributed by atoms with Crippen LogP contribution in [0.15, 0.2) is 12.3 Å². The number of nitrogens with two attached hydrogens (primary N) is 1. The third-order valence-electron chi connectivity index (χ3n) is 3.02. The number of aryl methyl sites for hydroxylation is 1. The molecule has 1 aromatic heterocycles. The van der Waals surface area contributed by atoms with E-state index in [2.05, 4.69) is 5.32 Å². The lowest BCUT2D eigenvalue weighted by Gasteiger charge is -2.31. The summed E-state index contributed by atoms with van der Waals surface area (Å²) in [6.07, 6.45) is 3.11. The minimum atomic E-state index is -0.174. The smallest absolute Gasteiger partial charge is 0.267 e. The van der Waals surface area contributed by atoms with Gasteiger partial charge in [-0.2, -0.15) is 0 Å². The maximum atomic E-state index is 11.8. The molecule has 0 spiro atoms. The van der Waals surface area contributed by atoms with Crippen molar-refractivity contribution in [3.63, 3.8) is 0 Å². The number of nitrogens with zero attached hydrogens (tertiary/aromatic N) is 1. The Morgan fingerprint density at radius 2 is 2.38 bits per heavy atom. The molecule has 1 aliphatic rings. The highest BCUT2D eigenvalue weighted by Crippen LogP contribution is 2.26. The van der Waals surface area contributed by atoms with E-state index in [0.717, 1.165) is 12.8 Å². The number of aliphatic hydroxyl groups excluding tert-OH is 1. The highest BCUT2D eigenvalue weighted by molar-refractivity contribution is 5.93. The zero-order valence-corrected chi connectivity index (χ0v) is 9.31. The van der Waals surface area contributed by atoms with E-state index < -0.39 is 0 Å². The summed E-state index contributed by atoms with van der Waals surface area (Å²) in [5.74, 6) is 0.303. The maximum absolute atomic E-state index is 11.8. The van der Waals surface area contributed by atoms with Crippen molar-refractivity contribution in [3.05, 3.63) is 18.0 Å². The van der Waals surface area contributed by atoms with Gasteiger partial charge >= 0.3 is 0 Å². The Kier molecular flexibility index (Phi) is 2.87. The molecule has 0 aliphatic heterocycles. The summed E-state index contributed by atoms with van der Waals surface area (Å²) in [5, 5.41) is 12.0. The maximum Gasteiger partial charge on any atom is 0.267 e. The number of carbonyl (C=O) groups excluding carboxylic acids is 1. The molecule has 16 heavy (non-hydrogen) atoms. The highest BCUT2D eigenvalue weighted by atomic mass is 16.3. The summed E-state index contributed by atoms with van der Waals surface area (Å²) in [7, 11) is 1.79. The fraction of sp³-hybridized carbons (Fsp3) is 0.545. The van der Waals surface area contributed by atoms with Gasteiger partial charge in [0.05, 0.1) is 11.8 Å². The van der Waals surface area contributed by atoms with E-state index in [9.17, 15) is 4.79 Å². The van der Waals surface area contributed by atoms with Gasteiger partial charge < -0.3 is 20.7 Å². The Morgan fingerprint density at radius 3 is 2.88 bits per heavy atom. The quantitative estimate of drug-likeness (QED) is 0.680. The molecule has 0 aromatic carbocycles. The number of hydrogen-bond donors (Lipinski definition) is 3. The van der Waals surface area contributed by atoms with E-state index in [4.69, 9.17) is 10.8 Å². The van der Waals surface area contributed by atoms with E-state index in [1.54, 1.807) is 23.9 Å². The summed E-state index contributed by atoms with van der Waals surface area (Å²) in [4.78, 5) is 11.8. The number of aliphatic hydroxyl groups is 1. The fourth-order valence-electron chi connectivity index (χ4n) is 2.01. The third kappa shape index (κ3) is 2.19. The van der Waals surface area contributed by atoms with E-state index in [-0.39, 0.29) is 12.0 Å². The molecule has 4 N–H and O–H groups in total. The van der Waals surface area contributed by atoms with Gasteiger partial charge in [0.25, 0.3) is 5.91 Å². The van der Waals surface area contributed by atoms with Crippen molar-refractivity contribution >= 4 is 11.6 Å². The highest BCUT2D eigenvalue weighted by Gasteiger charge is 2.27. The van der Waals surface area contributed by atoms with E-state index >= 15 is 0 Å². The minimum Gasteiger partial charge on any atom is -0.397 e. The van der Waals surface area contributed by atoms with Crippen molar-refractivity contribution in [3.8, 4) is 0 Å². The molecule has 0 atom stereocenters. The Labute approximate surface area is 94.2 Å². The molecule has 5 nitrogen and oxygen atoms in total. The first-order chi connectivity index (χ1) is 7.56. The summed E-state index contributed by atoms with van der Waals surface area (Å²) >= 11 is 0. The standard InChI is InChI=1S/C11H17N3O2/c1-14-6-8(12)4-10(14)11(16)13-5-7-2-9(15)3-7/h4,6-7,9,15H,2-3,5,12H2,1H3,(H,13,16). The Bertz CT molecular complexity index is 394. The fourth-order valence-corrected chi connectivity index (χ4v) is 2.01. The van der Waals surface area contributed by atoms with E-state index in [1.807, 2.05) is 0 Å². The minimum absolute atomic E-state index is 0.111. The van der Waals surface area contributed by atoms with Gasteiger partial charge in [0.1, 0.15) is 5.69 Å². The summed E-state index contributed by atoms with van der Waals surface area (Å²) in [6, 6.07) is 1.66. The molecular formula is C11H17N3O2. The largest absolute Gasteiger partial charge is 0.397 e. The molecule has 5 heteroatoms. The van der Waals surface area contributed by atoms with Crippen molar-refractivity contribution in [2.24, 2.45) is 13.0 Å². The molecule has 0 unspecified atom stereocenters. The normalized spacial score (nSPS) is 23.9. The first-order valence-corrected chi connectivity index (χ1v) is 5.44. The molecule has 88 valence electrons. The number of carbonyl (C=O) groups is 1. The number of anilines is 1. The number of rotatable bonds is 3. The lowest BCUT2D eigenvalue weighted by molar-refractivity contribution is 0.0419. The molecule has 1 saturated carbocycles. The zero-order valence-electron chi connectivity index (χ0n) is 9.31. The molecule has 1 heterocycles. The molecule has 0 radical (unpaired) electrons. The van der Waals surface area contributed by atoms with E-state index in [0.29, 0.717) is 23.8 Å². The lowest BCUT2D eigenvalue weighted by Crippen LogP contribution is -2.38. The predicted molar refractivity (Wildman–Crippen MR) is 60.9 cm³/mol. The molecule has 1 amide bonds. The molecule has 0 bridgehead atoms. The van der Waals surface area contributed by atoms with Crippen LogP contribution in [0, 0.1) is 5.92 Å². The van der Waals surface area contributed by atoms with Crippen molar-refractivity contribution in [2.75, 3.05) is 12.3 Å². The van der Waals surface area contributed by atoms with Crippen molar-refractivity contribution in [1.29, 1.82) is 0 Å². The molecule has 1 fully saturated rings. The molecule has 1 aromatic rings. The van der Waals surface area contributed by atoms with E-state index in [1.165, 1.54) is 0 Å². The number of nitrogens with one attached hydrogen (secondary N) is 1. The monoisotopic (exact) mass is 223 g/mol. The second-order valence-corrected chi connectivity index (χ2v) is 4.47. The second-order valence-electron chi connectivity index (χ2n) is 4.47. The average molecular weight is 223 g/mol. The number of aromatic nitrogens is 1. The molecule has 0 saturated heterocycles. The second kappa shape index (κ2) is 4.17. The van der Waals surface area contributed by atoms with Crippen LogP contribution in [0.2, 0.25) is 0 Å². The number of amides is 1. The average Bonchev–Trinajstić information content (AvgIpc) is 2.50. The lowest BCUT2D eigenvalue weighted by atomic mass is 9.82. The van der Waals surface area contributed by atoms with Crippen LogP contribution < -0.4 is 11.1 Å². The van der Waals surface area contributed by atoms with Crippen molar-refractivity contribution in [1.82, 2.24) is 9.88 Å². The Hall–Kier alpha value is -1.49. The topological polar surface area (TPSA) is 80.3 Å².